The van der Waals surface area contributed by atoms with Crippen LogP contribution in [0.1, 0.15) is 36.8 Å². The summed E-state index contributed by atoms with van der Waals surface area (Å²) >= 11 is 6.60. The molecule has 10 heteroatoms. The number of aromatic nitrogens is 1. The van der Waals surface area contributed by atoms with Crippen molar-refractivity contribution >= 4 is 55.3 Å². The molecule has 31 heavy (non-hydrogen) atoms. The summed E-state index contributed by atoms with van der Waals surface area (Å²) in [6.07, 6.45) is 0. The van der Waals surface area contributed by atoms with Gasteiger partial charge in [0, 0.05) is 6.54 Å². The number of methoxy groups -OCH3 is 1. The molecule has 0 aliphatic rings. The smallest absolute Gasteiger partial charge is 0.335 e. The molecule has 0 bridgehead atoms. The quantitative estimate of drug-likeness (QED) is 0.347. The lowest BCUT2D eigenvalue weighted by Gasteiger charge is -2.13. The number of nitrogens with one attached hydrogen (secondary N) is 3. The van der Waals surface area contributed by atoms with E-state index in [1.165, 1.54) is 25.3 Å². The Morgan fingerprint density at radius 3 is 2.32 bits per heavy atom. The van der Waals surface area contributed by atoms with Gasteiger partial charge in [-0.1, -0.05) is 12.1 Å². The molecule has 0 unspecified atom stereocenters. The maximum absolute atomic E-state index is 12.8. The lowest BCUT2D eigenvalue weighted by molar-refractivity contribution is 0.0696. The minimum absolute atomic E-state index is 0.162. The topological polar surface area (TPSA) is 121 Å². The van der Waals surface area contributed by atoms with Crippen LogP contribution in [-0.2, 0) is 6.54 Å². The van der Waals surface area contributed by atoms with E-state index in [-0.39, 0.29) is 17.7 Å². The number of halogens is 2. The van der Waals surface area contributed by atoms with Crippen molar-refractivity contribution in [1.29, 1.82) is 0 Å². The minimum atomic E-state index is -1.02. The van der Waals surface area contributed by atoms with Gasteiger partial charge in [-0.15, -0.1) is 0 Å². The average Bonchev–Trinajstić information content (AvgIpc) is 3.11. The van der Waals surface area contributed by atoms with E-state index in [1.807, 2.05) is 0 Å². The summed E-state index contributed by atoms with van der Waals surface area (Å²) < 4.78 is 6.52. The molecule has 0 aliphatic carbocycles. The Balaban J connectivity index is 1.77. The molecule has 1 heterocycles. The van der Waals surface area contributed by atoms with Crippen LogP contribution in [0.3, 0.4) is 0 Å². The third-order valence-corrected chi connectivity index (χ3v) is 6.13. The molecule has 0 radical (unpaired) electrons. The van der Waals surface area contributed by atoms with Gasteiger partial charge in [0.25, 0.3) is 11.8 Å². The van der Waals surface area contributed by atoms with Gasteiger partial charge in [0.2, 0.25) is 0 Å². The third-order valence-electron chi connectivity index (χ3n) is 4.34. The number of carbonyl (C=O) groups is 3. The van der Waals surface area contributed by atoms with E-state index in [4.69, 9.17) is 9.84 Å². The van der Waals surface area contributed by atoms with Crippen LogP contribution in [0.4, 0.5) is 5.69 Å². The van der Waals surface area contributed by atoms with Crippen LogP contribution in [0.15, 0.2) is 57.6 Å². The molecular formula is C21H17Br2N3O5. The van der Waals surface area contributed by atoms with Gasteiger partial charge in [-0.05, 0) is 73.8 Å². The highest BCUT2D eigenvalue weighted by molar-refractivity contribution is 9.13. The lowest BCUT2D eigenvalue weighted by atomic mass is 10.1. The van der Waals surface area contributed by atoms with Crippen LogP contribution in [0, 0.1) is 0 Å². The van der Waals surface area contributed by atoms with Gasteiger partial charge in [0.05, 0.1) is 33.0 Å². The minimum Gasteiger partial charge on any atom is -0.497 e. The zero-order valence-electron chi connectivity index (χ0n) is 16.2. The lowest BCUT2D eigenvalue weighted by Crippen LogP contribution is -2.25. The van der Waals surface area contributed by atoms with Gasteiger partial charge < -0.3 is 25.5 Å². The van der Waals surface area contributed by atoms with E-state index < -0.39 is 17.8 Å². The SMILES string of the molecule is COc1ccc(NC(=O)c2cc(Br)c(Br)[nH]2)c(C(=O)NCc2ccc(C(=O)O)cc2)c1. The van der Waals surface area contributed by atoms with Crippen molar-refractivity contribution in [2.75, 3.05) is 12.4 Å². The first-order valence-electron chi connectivity index (χ1n) is 8.92. The zero-order chi connectivity index (χ0) is 22.5. The van der Waals surface area contributed by atoms with E-state index in [9.17, 15) is 14.4 Å². The second-order valence-corrected chi connectivity index (χ2v) is 8.04. The van der Waals surface area contributed by atoms with Crippen molar-refractivity contribution < 1.29 is 24.2 Å². The van der Waals surface area contributed by atoms with Crippen molar-refractivity contribution in [2.45, 2.75) is 6.54 Å². The maximum atomic E-state index is 12.8. The first-order valence-corrected chi connectivity index (χ1v) is 10.5. The van der Waals surface area contributed by atoms with E-state index in [1.54, 1.807) is 30.3 Å². The normalized spacial score (nSPS) is 10.4. The van der Waals surface area contributed by atoms with E-state index >= 15 is 0 Å². The van der Waals surface area contributed by atoms with E-state index in [0.29, 0.717) is 26.2 Å². The Hall–Kier alpha value is -3.11. The molecule has 160 valence electrons. The average molecular weight is 551 g/mol. The predicted octanol–water partition coefficient (Wildman–Crippen LogP) is 4.43. The molecule has 3 aromatic rings. The Labute approximate surface area is 194 Å². The highest BCUT2D eigenvalue weighted by Crippen LogP contribution is 2.26. The van der Waals surface area contributed by atoms with Crippen LogP contribution in [0.25, 0.3) is 0 Å². The van der Waals surface area contributed by atoms with Gasteiger partial charge in [-0.2, -0.15) is 0 Å². The van der Waals surface area contributed by atoms with Crippen LogP contribution < -0.4 is 15.4 Å². The number of aromatic amines is 1. The summed E-state index contributed by atoms with van der Waals surface area (Å²) in [7, 11) is 1.48. The molecule has 2 aromatic carbocycles. The fourth-order valence-corrected chi connectivity index (χ4v) is 3.36. The molecule has 0 aliphatic heterocycles. The van der Waals surface area contributed by atoms with Gasteiger partial charge in [0.15, 0.2) is 0 Å². The Kier molecular flexibility index (Phi) is 7.13. The van der Waals surface area contributed by atoms with Crippen molar-refractivity contribution in [2.24, 2.45) is 0 Å². The molecule has 0 saturated heterocycles. The fourth-order valence-electron chi connectivity index (χ4n) is 2.71. The number of carboxylic acids is 1. The molecule has 0 fully saturated rings. The predicted molar refractivity (Wildman–Crippen MR) is 122 cm³/mol. The van der Waals surface area contributed by atoms with Crippen molar-refractivity contribution in [1.82, 2.24) is 10.3 Å². The number of ether oxygens (including phenoxy) is 1. The summed E-state index contributed by atoms with van der Waals surface area (Å²) in [5, 5.41) is 14.5. The Morgan fingerprint density at radius 1 is 1.03 bits per heavy atom. The summed E-state index contributed by atoms with van der Waals surface area (Å²) in [4.78, 5) is 39.2. The van der Waals surface area contributed by atoms with Gasteiger partial charge in [-0.25, -0.2) is 4.79 Å². The fraction of sp³-hybridized carbons (Fsp3) is 0.0952. The zero-order valence-corrected chi connectivity index (χ0v) is 19.3. The number of aromatic carboxylic acids is 1. The number of amides is 2. The number of rotatable bonds is 7. The van der Waals surface area contributed by atoms with Crippen molar-refractivity contribution in [3.05, 3.63) is 80.0 Å². The highest BCUT2D eigenvalue weighted by Gasteiger charge is 2.17. The summed E-state index contributed by atoms with van der Waals surface area (Å²) in [5.74, 6) is -1.41. The van der Waals surface area contributed by atoms with E-state index in [2.05, 4.69) is 47.5 Å². The first-order chi connectivity index (χ1) is 14.8. The van der Waals surface area contributed by atoms with Crippen LogP contribution in [0.2, 0.25) is 0 Å². The summed E-state index contributed by atoms with van der Waals surface area (Å²) in [6.45, 7) is 0.180. The summed E-state index contributed by atoms with van der Waals surface area (Å²) in [5.41, 5.74) is 1.73. The Bertz CT molecular complexity index is 1120. The van der Waals surface area contributed by atoms with Crippen LogP contribution in [-0.4, -0.2) is 35.0 Å². The monoisotopic (exact) mass is 549 g/mol. The van der Waals surface area contributed by atoms with Gasteiger partial charge in [-0.3, -0.25) is 9.59 Å². The van der Waals surface area contributed by atoms with Crippen LogP contribution in [0.5, 0.6) is 5.75 Å². The number of anilines is 1. The number of carbonyl (C=O) groups excluding carboxylic acids is 2. The molecule has 0 atom stereocenters. The van der Waals surface area contributed by atoms with E-state index in [0.717, 1.165) is 5.56 Å². The summed E-state index contributed by atoms with van der Waals surface area (Å²) in [6, 6.07) is 12.5. The van der Waals surface area contributed by atoms with Crippen LogP contribution >= 0.6 is 31.9 Å². The number of H-pyrrole nitrogens is 1. The van der Waals surface area contributed by atoms with Gasteiger partial charge >= 0.3 is 5.97 Å². The van der Waals surface area contributed by atoms with Crippen molar-refractivity contribution in [3.8, 4) is 5.75 Å². The number of hydrogen-bond acceptors (Lipinski definition) is 4. The first kappa shape index (κ1) is 22.6. The molecule has 0 saturated carbocycles. The largest absolute Gasteiger partial charge is 0.497 e. The number of carboxylic acid groups (broad SMARTS) is 1. The molecule has 3 rings (SSSR count). The van der Waals surface area contributed by atoms with Crippen molar-refractivity contribution in [3.63, 3.8) is 0 Å². The second-order valence-electron chi connectivity index (χ2n) is 6.40. The molecular weight excluding hydrogens is 534 g/mol. The Morgan fingerprint density at radius 2 is 1.74 bits per heavy atom. The molecule has 8 nitrogen and oxygen atoms in total. The molecule has 1 aromatic heterocycles. The number of hydrogen-bond donors (Lipinski definition) is 4. The molecule has 0 spiro atoms. The maximum Gasteiger partial charge on any atom is 0.335 e. The molecule has 4 N–H and O–H groups in total. The highest BCUT2D eigenvalue weighted by atomic mass is 79.9. The standard InChI is InChI=1S/C21H17Br2N3O5/c1-31-13-6-7-16(26-20(28)17-9-15(22)18(23)25-17)14(8-13)19(27)24-10-11-2-4-12(5-3-11)21(29)30/h2-9,25H,10H2,1H3,(H,24,27)(H,26,28)(H,29,30). The third kappa shape index (κ3) is 5.53. The number of benzene rings is 2. The van der Waals surface area contributed by atoms with Gasteiger partial charge in [0.1, 0.15) is 11.4 Å². The molecule has 2 amide bonds. The second kappa shape index (κ2) is 9.80.